The molecule has 8 rings (SSSR count). The Hall–Kier alpha value is -4.19. The normalized spacial score (nSPS) is 15.1. The first-order chi connectivity index (χ1) is 28.5. The number of ether oxygens (including phenoxy) is 3. The maximum Gasteiger partial charge on any atom is 0.161 e. The monoisotopic (exact) mass is 842 g/mol. The van der Waals surface area contributed by atoms with E-state index in [1.807, 2.05) is 30.2 Å². The van der Waals surface area contributed by atoms with Gasteiger partial charge in [-0.25, -0.2) is 0 Å². The van der Waals surface area contributed by atoms with Gasteiger partial charge in [-0.3, -0.25) is 9.80 Å². The Balaban J connectivity index is 0.000000177. The van der Waals surface area contributed by atoms with E-state index in [4.69, 9.17) is 37.4 Å². The first-order valence-corrected chi connectivity index (χ1v) is 22.2. The van der Waals surface area contributed by atoms with Crippen molar-refractivity contribution in [3.63, 3.8) is 0 Å². The Morgan fingerprint density at radius 3 is 1.76 bits per heavy atom. The summed E-state index contributed by atoms with van der Waals surface area (Å²) in [6.07, 6.45) is 8.64. The zero-order valence-corrected chi connectivity index (χ0v) is 36.1. The van der Waals surface area contributed by atoms with Crippen LogP contribution in [-0.4, -0.2) is 112 Å². The van der Waals surface area contributed by atoms with Gasteiger partial charge in [0, 0.05) is 114 Å². The molecule has 2 aliphatic rings. The predicted octanol–water partition coefficient (Wildman–Crippen LogP) is 10.3. The molecular weight excluding hydrogens is 788 g/mol. The highest BCUT2D eigenvalue weighted by atomic mass is 35.5. The van der Waals surface area contributed by atoms with E-state index in [1.54, 1.807) is 32.4 Å². The van der Waals surface area contributed by atoms with Crippen molar-refractivity contribution < 1.29 is 14.2 Å². The van der Waals surface area contributed by atoms with Crippen LogP contribution in [0.1, 0.15) is 25.7 Å². The fourth-order valence-corrected chi connectivity index (χ4v) is 9.13. The second-order valence-electron chi connectivity index (χ2n) is 14.8. The molecule has 2 fully saturated rings. The summed E-state index contributed by atoms with van der Waals surface area (Å²) in [5, 5.41) is 3.90. The fourth-order valence-electron chi connectivity index (χ4n) is 7.86. The molecule has 6 aromatic rings. The molecule has 4 aromatic carbocycles. The maximum atomic E-state index is 6.13. The summed E-state index contributed by atoms with van der Waals surface area (Å²) in [6.45, 7) is 11.8. The molecule has 4 heterocycles. The lowest BCUT2D eigenvalue weighted by molar-refractivity contribution is 0.239. The molecule has 0 bridgehead atoms. The van der Waals surface area contributed by atoms with E-state index < -0.39 is 0 Å². The number of aromatic nitrogens is 2. The van der Waals surface area contributed by atoms with E-state index >= 15 is 0 Å². The summed E-state index contributed by atoms with van der Waals surface area (Å²) in [6, 6.07) is 28.9. The van der Waals surface area contributed by atoms with Crippen LogP contribution >= 0.6 is 35.0 Å². The first-order valence-electron chi connectivity index (χ1n) is 20.5. The standard InChI is InChI=1S/C24H31N3O2S.C22H25Cl2N3O/c1-28-23-9-8-19(18-24(23)29-2)30-17-4-3-12-26-13-15-27(16-14-26)22-7-5-6-21-20(22)10-11-25-21;23-17-6-7-19(24)22(16-17)28-15-2-1-10-26-11-13-27(14-12-26)21-5-3-4-20-18(21)8-9-25-20/h5-11,18,25H,3-4,12-17H2,1-2H3;3-9,16,25H,1-2,10-15H2. The number of H-pyrrole nitrogens is 2. The highest BCUT2D eigenvalue weighted by Crippen LogP contribution is 2.33. The zero-order chi connectivity index (χ0) is 40.1. The lowest BCUT2D eigenvalue weighted by Crippen LogP contribution is -2.46. The van der Waals surface area contributed by atoms with E-state index in [1.165, 1.54) is 57.5 Å². The number of anilines is 2. The molecule has 0 unspecified atom stereocenters. The van der Waals surface area contributed by atoms with Gasteiger partial charge in [0.2, 0.25) is 0 Å². The molecular formula is C46H56Cl2N6O3S. The summed E-state index contributed by atoms with van der Waals surface area (Å²) in [7, 11) is 3.36. The lowest BCUT2D eigenvalue weighted by atomic mass is 10.1. The highest BCUT2D eigenvalue weighted by molar-refractivity contribution is 7.99. The topological polar surface area (TPSA) is 72.2 Å². The number of fused-ring (bicyclic) bond motifs is 2. The van der Waals surface area contributed by atoms with E-state index in [0.29, 0.717) is 22.4 Å². The molecule has 0 amide bonds. The van der Waals surface area contributed by atoms with Crippen LogP contribution in [0.5, 0.6) is 17.2 Å². The Bertz CT molecular complexity index is 2180. The number of nitrogens with one attached hydrogen (secondary N) is 2. The number of thioether (sulfide) groups is 1. The number of halogens is 2. The third kappa shape index (κ3) is 11.1. The molecule has 2 aliphatic heterocycles. The molecule has 0 atom stereocenters. The predicted molar refractivity (Wildman–Crippen MR) is 245 cm³/mol. The summed E-state index contributed by atoms with van der Waals surface area (Å²) in [4.78, 5) is 18.0. The van der Waals surface area contributed by atoms with Gasteiger partial charge in [-0.15, -0.1) is 11.8 Å². The smallest absolute Gasteiger partial charge is 0.161 e. The minimum absolute atomic E-state index is 0.609. The van der Waals surface area contributed by atoms with Gasteiger partial charge >= 0.3 is 0 Å². The number of rotatable bonds is 16. The van der Waals surface area contributed by atoms with Crippen molar-refractivity contribution in [2.75, 3.05) is 102 Å². The molecule has 2 N–H and O–H groups in total. The summed E-state index contributed by atoms with van der Waals surface area (Å²) in [5.41, 5.74) is 5.13. The molecule has 2 aromatic heterocycles. The number of hydrogen-bond acceptors (Lipinski definition) is 8. The number of benzene rings is 4. The molecule has 12 heteroatoms. The number of unbranched alkanes of at least 4 members (excludes halogenated alkanes) is 2. The molecule has 0 saturated carbocycles. The zero-order valence-electron chi connectivity index (χ0n) is 33.7. The molecule has 2 saturated heterocycles. The van der Waals surface area contributed by atoms with Gasteiger partial charge in [0.05, 0.1) is 25.8 Å². The fraction of sp³-hybridized carbons (Fsp3) is 0.391. The van der Waals surface area contributed by atoms with Crippen LogP contribution in [0.15, 0.2) is 102 Å². The van der Waals surface area contributed by atoms with Gasteiger partial charge in [0.25, 0.3) is 0 Å². The van der Waals surface area contributed by atoms with Gasteiger partial charge in [-0.1, -0.05) is 35.3 Å². The van der Waals surface area contributed by atoms with Crippen LogP contribution in [0.2, 0.25) is 10.0 Å². The number of methoxy groups -OCH3 is 2. The van der Waals surface area contributed by atoms with Gasteiger partial charge < -0.3 is 34.0 Å². The van der Waals surface area contributed by atoms with Crippen molar-refractivity contribution in [3.8, 4) is 17.2 Å². The summed E-state index contributed by atoms with van der Waals surface area (Å²) in [5.74, 6) is 3.39. The van der Waals surface area contributed by atoms with Crippen LogP contribution in [0.4, 0.5) is 11.4 Å². The molecule has 308 valence electrons. The van der Waals surface area contributed by atoms with E-state index in [-0.39, 0.29) is 0 Å². The van der Waals surface area contributed by atoms with Crippen molar-refractivity contribution in [1.29, 1.82) is 0 Å². The van der Waals surface area contributed by atoms with Crippen LogP contribution in [0, 0.1) is 0 Å². The van der Waals surface area contributed by atoms with Gasteiger partial charge in [-0.2, -0.15) is 0 Å². The maximum absolute atomic E-state index is 6.13. The average Bonchev–Trinajstić information content (AvgIpc) is 3.96. The number of hydrogen-bond donors (Lipinski definition) is 2. The quantitative estimate of drug-likeness (QED) is 0.0738. The van der Waals surface area contributed by atoms with Crippen molar-refractivity contribution >= 4 is 68.1 Å². The van der Waals surface area contributed by atoms with Gasteiger partial charge in [-0.05, 0) is 111 Å². The van der Waals surface area contributed by atoms with Gasteiger partial charge in [0.15, 0.2) is 11.5 Å². The van der Waals surface area contributed by atoms with E-state index in [9.17, 15) is 0 Å². The van der Waals surface area contributed by atoms with Gasteiger partial charge in [0.1, 0.15) is 5.75 Å². The summed E-state index contributed by atoms with van der Waals surface area (Å²) >= 11 is 14.0. The third-order valence-electron chi connectivity index (χ3n) is 11.1. The van der Waals surface area contributed by atoms with E-state index in [2.05, 4.69) is 90.2 Å². The largest absolute Gasteiger partial charge is 0.493 e. The molecule has 0 spiro atoms. The van der Waals surface area contributed by atoms with Crippen LogP contribution in [-0.2, 0) is 0 Å². The highest BCUT2D eigenvalue weighted by Gasteiger charge is 2.20. The second-order valence-corrected chi connectivity index (χ2v) is 16.8. The Kier molecular flexibility index (Phi) is 15.3. The SMILES string of the molecule is COc1ccc(SCCCCN2CCN(c3cccc4[nH]ccc34)CC2)cc1OC.Clc1ccc(Cl)c(OCCCCN2CCN(c3cccc4[nH]ccc34)CC2)c1. The molecule has 58 heavy (non-hydrogen) atoms. The Labute approximate surface area is 357 Å². The summed E-state index contributed by atoms with van der Waals surface area (Å²) < 4.78 is 16.5. The Morgan fingerprint density at radius 2 is 1.17 bits per heavy atom. The number of aromatic amines is 2. The minimum atomic E-state index is 0.609. The second kappa shape index (κ2) is 21.2. The van der Waals surface area contributed by atoms with Crippen molar-refractivity contribution in [2.24, 2.45) is 0 Å². The average molecular weight is 844 g/mol. The van der Waals surface area contributed by atoms with E-state index in [0.717, 1.165) is 89.0 Å². The number of nitrogens with zero attached hydrogens (tertiary/aromatic N) is 4. The third-order valence-corrected chi connectivity index (χ3v) is 12.7. The van der Waals surface area contributed by atoms with Crippen LogP contribution in [0.3, 0.4) is 0 Å². The minimum Gasteiger partial charge on any atom is -0.493 e. The number of piperazine rings is 2. The first kappa shape index (κ1) is 42.0. The van der Waals surface area contributed by atoms with Crippen LogP contribution in [0.25, 0.3) is 21.8 Å². The van der Waals surface area contributed by atoms with Crippen LogP contribution < -0.4 is 24.0 Å². The van der Waals surface area contributed by atoms with Crippen molar-refractivity contribution in [2.45, 2.75) is 30.6 Å². The van der Waals surface area contributed by atoms with Crippen molar-refractivity contribution in [1.82, 2.24) is 19.8 Å². The Morgan fingerprint density at radius 1 is 0.586 bits per heavy atom. The molecule has 0 radical (unpaired) electrons. The van der Waals surface area contributed by atoms with Crippen molar-refractivity contribution in [3.05, 3.63) is 107 Å². The lowest BCUT2D eigenvalue weighted by Gasteiger charge is -2.36. The molecule has 0 aliphatic carbocycles. The molecule has 9 nitrogen and oxygen atoms in total.